The quantitative estimate of drug-likeness (QED) is 0.308. The van der Waals surface area contributed by atoms with Crippen molar-refractivity contribution in [3.05, 3.63) is 104 Å². The Labute approximate surface area is 173 Å². The number of rotatable bonds is 3. The zero-order valence-electron chi connectivity index (χ0n) is 16.1. The number of nitrogens with zero attached hydrogens (tertiary/aromatic N) is 2. The fourth-order valence-electron chi connectivity index (χ4n) is 4.53. The Morgan fingerprint density at radius 1 is 0.533 bits per heavy atom. The first kappa shape index (κ1) is 17.3. The molecule has 0 atom stereocenters. The first-order valence-electron chi connectivity index (χ1n) is 9.85. The predicted molar refractivity (Wildman–Crippen MR) is 125 cm³/mol. The van der Waals surface area contributed by atoms with Gasteiger partial charge >= 0.3 is 0 Å². The van der Waals surface area contributed by atoms with Gasteiger partial charge in [-0.05, 0) is 62.6 Å². The number of hydrogen-bond donors (Lipinski definition) is 0. The normalized spacial score (nSPS) is 12.1. The molecule has 4 heteroatoms. The van der Waals surface area contributed by atoms with E-state index in [1.807, 2.05) is 30.3 Å². The molecule has 0 saturated heterocycles. The van der Waals surface area contributed by atoms with Crippen LogP contribution in [0.2, 0.25) is 0 Å². The second kappa shape index (κ2) is 6.48. The summed E-state index contributed by atoms with van der Waals surface area (Å²) in [4.78, 5) is 8.28. The van der Waals surface area contributed by atoms with Gasteiger partial charge in [0, 0.05) is 40.7 Å². The second-order valence-electron chi connectivity index (χ2n) is 7.46. The zero-order valence-corrected chi connectivity index (χ0v) is 17.0. The molecule has 0 fully saturated rings. The van der Waals surface area contributed by atoms with E-state index in [1.165, 1.54) is 21.5 Å². The summed E-state index contributed by atoms with van der Waals surface area (Å²) in [5.41, 5.74) is 0. The lowest BCUT2D eigenvalue weighted by atomic mass is 9.94. The van der Waals surface area contributed by atoms with Crippen molar-refractivity contribution in [2.24, 2.45) is 0 Å². The molecule has 6 rings (SSSR count). The largest absolute Gasteiger partial charge is 0.309 e. The van der Waals surface area contributed by atoms with E-state index in [0.29, 0.717) is 0 Å². The predicted octanol–water partition coefficient (Wildman–Crippen LogP) is 5.01. The van der Waals surface area contributed by atoms with Gasteiger partial charge in [-0.3, -0.25) is 9.97 Å². The van der Waals surface area contributed by atoms with Gasteiger partial charge in [-0.15, -0.1) is 0 Å². The fourth-order valence-corrected chi connectivity index (χ4v) is 7.30. The summed E-state index contributed by atoms with van der Waals surface area (Å²) in [6.07, 6.45) is 6.83. The molecule has 0 unspecified atom stereocenters. The van der Waals surface area contributed by atoms with Crippen LogP contribution >= 0.6 is 7.14 Å². The van der Waals surface area contributed by atoms with Crippen molar-refractivity contribution in [2.45, 2.75) is 0 Å². The third kappa shape index (κ3) is 2.36. The molecule has 0 aliphatic heterocycles. The van der Waals surface area contributed by atoms with Crippen LogP contribution < -0.4 is 15.9 Å². The maximum Gasteiger partial charge on any atom is 0.171 e. The van der Waals surface area contributed by atoms with Crippen LogP contribution in [0, 0.1) is 0 Å². The Hall–Kier alpha value is -3.55. The molecule has 3 nitrogen and oxygen atoms in total. The summed E-state index contributed by atoms with van der Waals surface area (Å²) >= 11 is 0. The van der Waals surface area contributed by atoms with E-state index in [4.69, 9.17) is 0 Å². The van der Waals surface area contributed by atoms with Gasteiger partial charge in [0.2, 0.25) is 0 Å². The summed E-state index contributed by atoms with van der Waals surface area (Å²) in [5.74, 6) is 0. The Morgan fingerprint density at radius 2 is 1.03 bits per heavy atom. The van der Waals surface area contributed by atoms with Gasteiger partial charge in [0.1, 0.15) is 0 Å². The molecule has 0 N–H and O–H groups in total. The summed E-state index contributed by atoms with van der Waals surface area (Å²) in [6, 6.07) is 26.5. The van der Waals surface area contributed by atoms with E-state index in [0.717, 1.165) is 26.7 Å². The highest BCUT2D eigenvalue weighted by Crippen LogP contribution is 2.46. The maximum atomic E-state index is 14.9. The molecule has 2 aromatic heterocycles. The molecule has 0 aliphatic carbocycles. The molecule has 142 valence electrons. The van der Waals surface area contributed by atoms with Gasteiger partial charge in [0.15, 0.2) is 7.14 Å². The third-order valence-electron chi connectivity index (χ3n) is 5.90. The van der Waals surface area contributed by atoms with Gasteiger partial charge in [-0.1, -0.05) is 48.5 Å². The minimum absolute atomic E-state index is 0.777. The SMILES string of the molecule is O=P(c1ccncc1)(c1ccncc1)c1ccc2ccc3cccc4ccc1c2c34. The van der Waals surface area contributed by atoms with Crippen molar-refractivity contribution in [3.8, 4) is 0 Å². The van der Waals surface area contributed by atoms with Crippen LogP contribution in [-0.2, 0) is 4.57 Å². The van der Waals surface area contributed by atoms with Crippen molar-refractivity contribution in [2.75, 3.05) is 0 Å². The lowest BCUT2D eigenvalue weighted by molar-refractivity contribution is 0.592. The molecule has 0 radical (unpaired) electrons. The minimum Gasteiger partial charge on any atom is -0.309 e. The van der Waals surface area contributed by atoms with E-state index in [1.54, 1.807) is 24.8 Å². The Kier molecular flexibility index (Phi) is 3.74. The van der Waals surface area contributed by atoms with Gasteiger partial charge in [0.05, 0.1) is 0 Å². The van der Waals surface area contributed by atoms with Crippen LogP contribution in [0.4, 0.5) is 0 Å². The van der Waals surface area contributed by atoms with Crippen molar-refractivity contribution < 1.29 is 4.57 Å². The fraction of sp³-hybridized carbons (Fsp3) is 0. The summed E-state index contributed by atoms with van der Waals surface area (Å²) in [6.45, 7) is 0. The van der Waals surface area contributed by atoms with E-state index in [2.05, 4.69) is 58.5 Å². The molecule has 0 aliphatic rings. The van der Waals surface area contributed by atoms with Crippen molar-refractivity contribution in [3.63, 3.8) is 0 Å². The molecule has 2 heterocycles. The molecule has 6 aromatic rings. The van der Waals surface area contributed by atoms with Crippen molar-refractivity contribution in [1.29, 1.82) is 0 Å². The summed E-state index contributed by atoms with van der Waals surface area (Å²) in [7, 11) is -3.11. The lowest BCUT2D eigenvalue weighted by Gasteiger charge is -2.22. The van der Waals surface area contributed by atoms with E-state index in [9.17, 15) is 4.57 Å². The highest BCUT2D eigenvalue weighted by molar-refractivity contribution is 7.85. The van der Waals surface area contributed by atoms with Crippen LogP contribution in [0.1, 0.15) is 0 Å². The van der Waals surface area contributed by atoms with Crippen LogP contribution in [0.5, 0.6) is 0 Å². The van der Waals surface area contributed by atoms with E-state index < -0.39 is 7.14 Å². The molecule has 0 spiro atoms. The topological polar surface area (TPSA) is 42.9 Å². The van der Waals surface area contributed by atoms with Crippen LogP contribution in [0.25, 0.3) is 32.3 Å². The summed E-state index contributed by atoms with van der Waals surface area (Å²) < 4.78 is 14.9. The Bertz CT molecular complexity index is 1500. The Morgan fingerprint density at radius 3 is 1.63 bits per heavy atom. The lowest BCUT2D eigenvalue weighted by Crippen LogP contribution is -2.25. The number of hydrogen-bond acceptors (Lipinski definition) is 3. The third-order valence-corrected chi connectivity index (χ3v) is 9.02. The number of aromatic nitrogens is 2. The highest BCUT2D eigenvalue weighted by atomic mass is 31.2. The van der Waals surface area contributed by atoms with Crippen molar-refractivity contribution >= 4 is 55.4 Å². The molecule has 0 saturated carbocycles. The standard InChI is InChI=1S/C26H17N2OP/c29-30(21-10-14-27-15-11-21,22-12-16-28-17-13-22)24-9-7-20-5-4-18-2-1-3-19-6-8-23(24)26(20)25(18)19/h1-17H. The monoisotopic (exact) mass is 404 g/mol. The average Bonchev–Trinajstić information content (AvgIpc) is 2.83. The van der Waals surface area contributed by atoms with Crippen LogP contribution in [0.3, 0.4) is 0 Å². The van der Waals surface area contributed by atoms with E-state index >= 15 is 0 Å². The maximum absolute atomic E-state index is 14.9. The smallest absolute Gasteiger partial charge is 0.171 e. The first-order chi connectivity index (χ1) is 14.8. The number of pyridine rings is 2. The zero-order chi connectivity index (χ0) is 20.1. The molecule has 0 amide bonds. The molecule has 0 bridgehead atoms. The molecule has 4 aromatic carbocycles. The minimum atomic E-state index is -3.11. The molecular formula is C26H17N2OP. The Balaban J connectivity index is 1.79. The second-order valence-corrected chi connectivity index (χ2v) is 10.2. The number of benzene rings is 4. The van der Waals surface area contributed by atoms with Gasteiger partial charge in [-0.25, -0.2) is 0 Å². The van der Waals surface area contributed by atoms with Gasteiger partial charge < -0.3 is 4.57 Å². The van der Waals surface area contributed by atoms with Crippen molar-refractivity contribution in [1.82, 2.24) is 9.97 Å². The molecule has 30 heavy (non-hydrogen) atoms. The van der Waals surface area contributed by atoms with Gasteiger partial charge in [0.25, 0.3) is 0 Å². The van der Waals surface area contributed by atoms with Crippen LogP contribution in [0.15, 0.2) is 104 Å². The summed E-state index contributed by atoms with van der Waals surface area (Å²) in [5, 5.41) is 9.40. The highest BCUT2D eigenvalue weighted by Gasteiger charge is 2.32. The first-order valence-corrected chi connectivity index (χ1v) is 11.6. The van der Waals surface area contributed by atoms with E-state index in [-0.39, 0.29) is 0 Å². The van der Waals surface area contributed by atoms with Crippen LogP contribution in [-0.4, -0.2) is 9.97 Å². The van der Waals surface area contributed by atoms with Gasteiger partial charge in [-0.2, -0.15) is 0 Å². The molecular weight excluding hydrogens is 387 g/mol. The average molecular weight is 404 g/mol.